The first-order valence-corrected chi connectivity index (χ1v) is 1.04. The fourth-order valence-corrected chi connectivity index (χ4v) is 0.0361. The van der Waals surface area contributed by atoms with Gasteiger partial charge in [-0.15, -0.1) is 0 Å². The molecule has 0 atom stereocenters. The minimum absolute atomic E-state index is 2.04. The second-order valence-corrected chi connectivity index (χ2v) is 0.664. The SMILES string of the molecule is [2H]C1([2H])C([2H])([2H])C1([2H])N. The molecule has 0 aliphatic heterocycles. The summed E-state index contributed by atoms with van der Waals surface area (Å²) in [6.07, 6.45) is -4.36. The summed E-state index contributed by atoms with van der Waals surface area (Å²) in [6.45, 7) is 0. The van der Waals surface area contributed by atoms with Crippen molar-refractivity contribution in [2.24, 2.45) is 5.73 Å². The Morgan fingerprint density at radius 1 is 2.25 bits per heavy atom. The smallest absolute Gasteiger partial charge is 0.0462 e. The van der Waals surface area contributed by atoms with Crippen molar-refractivity contribution >= 4 is 0 Å². The van der Waals surface area contributed by atoms with Crippen molar-refractivity contribution < 1.29 is 6.85 Å². The van der Waals surface area contributed by atoms with E-state index >= 15 is 0 Å². The van der Waals surface area contributed by atoms with E-state index in [0.29, 0.717) is 0 Å². The second kappa shape index (κ2) is 0.462. The van der Waals surface area contributed by atoms with Crippen molar-refractivity contribution in [2.45, 2.75) is 18.8 Å². The molecular formula is C3H7N. The Labute approximate surface area is 32.8 Å². The molecule has 0 heterocycles. The van der Waals surface area contributed by atoms with Crippen molar-refractivity contribution in [1.82, 2.24) is 0 Å². The Bertz CT molecular complexity index is 110. The predicted molar refractivity (Wildman–Crippen MR) is 17.2 cm³/mol. The molecule has 1 nitrogen and oxygen atoms in total. The van der Waals surface area contributed by atoms with Crippen molar-refractivity contribution in [2.75, 3.05) is 0 Å². The maximum absolute atomic E-state index is 6.88. The molecule has 2 N–H and O–H groups in total. The third-order valence-electron chi connectivity index (χ3n) is 0.269. The van der Waals surface area contributed by atoms with E-state index in [1.807, 2.05) is 0 Å². The summed E-state index contributed by atoms with van der Waals surface area (Å²) in [4.78, 5) is 0. The normalized spacial score (nSPS) is 77.8. The van der Waals surface area contributed by atoms with Crippen LogP contribution in [0.25, 0.3) is 0 Å². The van der Waals surface area contributed by atoms with Crippen LogP contribution in [-0.4, -0.2) is 6.02 Å². The van der Waals surface area contributed by atoms with Crippen LogP contribution >= 0.6 is 0 Å². The van der Waals surface area contributed by atoms with Gasteiger partial charge in [-0.25, -0.2) is 0 Å². The minimum Gasteiger partial charge on any atom is -0.328 e. The number of rotatable bonds is 0. The molecule has 0 spiro atoms. The molecule has 0 aromatic rings. The molecule has 1 fully saturated rings. The second-order valence-electron chi connectivity index (χ2n) is 0.664. The van der Waals surface area contributed by atoms with E-state index in [9.17, 15) is 0 Å². The standard InChI is InChI=1S/C3H7N/c4-3-1-2-3/h3H,1-2,4H2/i1D2,2D2,3D. The van der Waals surface area contributed by atoms with Crippen molar-refractivity contribution in [1.29, 1.82) is 0 Å². The Kier molecular flexibility index (Phi) is 0.0499. The van der Waals surface area contributed by atoms with Gasteiger partial charge in [-0.3, -0.25) is 0 Å². The monoisotopic (exact) mass is 62.1 g/mol. The van der Waals surface area contributed by atoms with Gasteiger partial charge in [0, 0.05) is 12.9 Å². The largest absolute Gasteiger partial charge is 0.328 e. The van der Waals surface area contributed by atoms with E-state index in [1.54, 1.807) is 0 Å². The van der Waals surface area contributed by atoms with E-state index in [1.165, 1.54) is 0 Å². The lowest BCUT2D eigenvalue weighted by Crippen LogP contribution is -1.94. The molecule has 0 bridgehead atoms. The molecular weight excluding hydrogens is 50.0 g/mol. The van der Waals surface area contributed by atoms with Gasteiger partial charge in [0.25, 0.3) is 0 Å². The fourth-order valence-electron chi connectivity index (χ4n) is 0.0361. The van der Waals surface area contributed by atoms with Gasteiger partial charge >= 0.3 is 0 Å². The fraction of sp³-hybridized carbons (Fsp3) is 1.00. The number of hydrogen-bond donors (Lipinski definition) is 1. The first-order chi connectivity index (χ1) is 3.75. The molecule has 1 rings (SSSR count). The first kappa shape index (κ1) is 0.432. The molecule has 1 aliphatic carbocycles. The quantitative estimate of drug-likeness (QED) is 0.423. The first-order valence-electron chi connectivity index (χ1n) is 3.54. The Hall–Kier alpha value is -0.0400. The summed E-state index contributed by atoms with van der Waals surface area (Å²) in [6, 6.07) is -2.04. The maximum atomic E-state index is 6.88. The zero-order valence-corrected chi connectivity index (χ0v) is 2.08. The molecule has 0 radical (unpaired) electrons. The summed E-state index contributed by atoms with van der Waals surface area (Å²) in [5.41, 5.74) is 4.94. The highest BCUT2D eigenvalue weighted by Gasteiger charge is 2.13. The number of nitrogens with two attached hydrogens (primary N) is 1. The molecule has 1 heteroatoms. The molecule has 4 heavy (non-hydrogen) atoms. The molecule has 0 unspecified atom stereocenters. The Morgan fingerprint density at radius 2 is 2.50 bits per heavy atom. The summed E-state index contributed by atoms with van der Waals surface area (Å²) < 4.78 is 34.2. The third-order valence-corrected chi connectivity index (χ3v) is 0.269. The molecule has 1 aliphatic rings. The van der Waals surface area contributed by atoms with Crippen LogP contribution in [0.3, 0.4) is 0 Å². The van der Waals surface area contributed by atoms with Gasteiger partial charge in [0.15, 0.2) is 0 Å². The molecule has 24 valence electrons. The van der Waals surface area contributed by atoms with E-state index in [0.717, 1.165) is 0 Å². The van der Waals surface area contributed by atoms with Crippen molar-refractivity contribution in [3.8, 4) is 0 Å². The van der Waals surface area contributed by atoms with Crippen LogP contribution in [0.5, 0.6) is 0 Å². The van der Waals surface area contributed by atoms with Gasteiger partial charge in [-0.05, 0) is 12.7 Å². The van der Waals surface area contributed by atoms with Crippen LogP contribution in [0.2, 0.25) is 0 Å². The lowest BCUT2D eigenvalue weighted by molar-refractivity contribution is 1.07. The topological polar surface area (TPSA) is 26.0 Å². The lowest BCUT2D eigenvalue weighted by atomic mass is 10.8. The number of hydrogen-bond acceptors (Lipinski definition) is 1. The van der Waals surface area contributed by atoms with Crippen LogP contribution in [-0.2, 0) is 0 Å². The van der Waals surface area contributed by atoms with Crippen LogP contribution in [0.15, 0.2) is 0 Å². The van der Waals surface area contributed by atoms with Gasteiger partial charge in [0.05, 0.1) is 0 Å². The van der Waals surface area contributed by atoms with Crippen LogP contribution in [0.4, 0.5) is 0 Å². The highest BCUT2D eigenvalue weighted by atomic mass is 14.7. The Balaban J connectivity index is 2.91. The van der Waals surface area contributed by atoms with E-state index in [4.69, 9.17) is 12.6 Å². The maximum Gasteiger partial charge on any atom is 0.0462 e. The summed E-state index contributed by atoms with van der Waals surface area (Å²) in [5.74, 6) is 0. The summed E-state index contributed by atoms with van der Waals surface area (Å²) in [7, 11) is 0. The predicted octanol–water partition coefficient (Wildman–Crippen LogP) is 0.108. The molecule has 0 aromatic carbocycles. The van der Waals surface area contributed by atoms with Crippen LogP contribution in [0, 0.1) is 0 Å². The van der Waals surface area contributed by atoms with Gasteiger partial charge < -0.3 is 5.73 Å². The van der Waals surface area contributed by atoms with Crippen molar-refractivity contribution in [3.63, 3.8) is 0 Å². The average molecular weight is 62.1 g/mol. The highest BCUT2D eigenvalue weighted by Crippen LogP contribution is 2.13. The molecule has 0 amide bonds. The zero-order chi connectivity index (χ0) is 7.50. The minimum atomic E-state index is -2.18. The van der Waals surface area contributed by atoms with Crippen LogP contribution < -0.4 is 5.73 Å². The van der Waals surface area contributed by atoms with Gasteiger partial charge in [0.1, 0.15) is 0 Å². The van der Waals surface area contributed by atoms with E-state index in [2.05, 4.69) is 0 Å². The van der Waals surface area contributed by atoms with Gasteiger partial charge in [0.2, 0.25) is 0 Å². The van der Waals surface area contributed by atoms with E-state index < -0.39 is 18.8 Å². The van der Waals surface area contributed by atoms with E-state index in [-0.39, 0.29) is 0 Å². The third kappa shape index (κ3) is 0.206. The van der Waals surface area contributed by atoms with Gasteiger partial charge in [-0.1, -0.05) is 0 Å². The average Bonchev–Trinajstić information content (AvgIpc) is 1.84. The molecule has 0 aromatic heterocycles. The molecule has 1 saturated carbocycles. The highest BCUT2D eigenvalue weighted by molar-refractivity contribution is 4.75. The van der Waals surface area contributed by atoms with Crippen molar-refractivity contribution in [3.05, 3.63) is 0 Å². The lowest BCUT2D eigenvalue weighted by Gasteiger charge is -1.58. The van der Waals surface area contributed by atoms with Gasteiger partial charge in [-0.2, -0.15) is 0 Å². The van der Waals surface area contributed by atoms with Crippen LogP contribution in [0.1, 0.15) is 19.6 Å². The summed E-state index contributed by atoms with van der Waals surface area (Å²) in [5, 5.41) is 0. The molecule has 0 saturated heterocycles. The summed E-state index contributed by atoms with van der Waals surface area (Å²) >= 11 is 0. The zero-order valence-electron chi connectivity index (χ0n) is 7.08. The Morgan fingerprint density at radius 3 is 2.50 bits per heavy atom.